The van der Waals surface area contributed by atoms with E-state index in [4.69, 9.17) is 9.15 Å². The summed E-state index contributed by atoms with van der Waals surface area (Å²) in [6.45, 7) is 4.43. The third-order valence-corrected chi connectivity index (χ3v) is 4.15. The quantitative estimate of drug-likeness (QED) is 0.535. The minimum atomic E-state index is -0.586. The zero-order valence-corrected chi connectivity index (χ0v) is 16.8. The highest BCUT2D eigenvalue weighted by atomic mass is 16.5. The Bertz CT molecular complexity index is 1050. The minimum Gasteiger partial charge on any atom is -0.467 e. The normalized spacial score (nSPS) is 10.6. The predicted molar refractivity (Wildman–Crippen MR) is 105 cm³/mol. The third kappa shape index (κ3) is 4.57. The predicted octanol–water partition coefficient (Wildman–Crippen LogP) is 1.59. The molecule has 2 N–H and O–H groups in total. The highest BCUT2D eigenvalue weighted by molar-refractivity contribution is 6.08. The summed E-state index contributed by atoms with van der Waals surface area (Å²) in [5.74, 6) is -1.05. The van der Waals surface area contributed by atoms with Crippen LogP contribution < -0.4 is 10.6 Å². The molecule has 30 heavy (non-hydrogen) atoms. The fourth-order valence-corrected chi connectivity index (χ4v) is 2.67. The molecular weight excluding hydrogens is 392 g/mol. The van der Waals surface area contributed by atoms with Crippen molar-refractivity contribution in [3.63, 3.8) is 0 Å². The number of hydrogen-bond donors (Lipinski definition) is 2. The number of carbonyl (C=O) groups is 3. The highest BCUT2D eigenvalue weighted by Crippen LogP contribution is 2.16. The number of nitrogens with zero attached hydrogens (tertiary/aromatic N) is 4. The number of hydrogen-bond acceptors (Lipinski definition) is 7. The highest BCUT2D eigenvalue weighted by Gasteiger charge is 2.22. The van der Waals surface area contributed by atoms with E-state index in [-0.39, 0.29) is 35.9 Å². The number of amides is 2. The van der Waals surface area contributed by atoms with Crippen molar-refractivity contribution in [3.05, 3.63) is 53.5 Å². The van der Waals surface area contributed by atoms with E-state index in [1.165, 1.54) is 28.7 Å². The molecule has 3 aromatic heterocycles. The first-order valence-corrected chi connectivity index (χ1v) is 9.33. The smallest absolute Gasteiger partial charge is 0.356 e. The van der Waals surface area contributed by atoms with Gasteiger partial charge in [-0.15, -0.1) is 0 Å². The van der Waals surface area contributed by atoms with Gasteiger partial charge in [0, 0.05) is 25.9 Å². The number of aromatic nitrogens is 4. The molecule has 0 atom stereocenters. The Balaban J connectivity index is 1.76. The van der Waals surface area contributed by atoms with Crippen LogP contribution in [0.1, 0.15) is 51.1 Å². The van der Waals surface area contributed by atoms with Crippen LogP contribution in [0.4, 0.5) is 5.69 Å². The second kappa shape index (κ2) is 9.07. The van der Waals surface area contributed by atoms with Gasteiger partial charge in [0.2, 0.25) is 0 Å². The second-order valence-electron chi connectivity index (χ2n) is 6.22. The van der Waals surface area contributed by atoms with Crippen molar-refractivity contribution in [1.82, 2.24) is 24.9 Å². The average molecular weight is 414 g/mol. The van der Waals surface area contributed by atoms with Crippen LogP contribution in [0.5, 0.6) is 0 Å². The van der Waals surface area contributed by atoms with Crippen LogP contribution in [-0.2, 0) is 24.9 Å². The van der Waals surface area contributed by atoms with Crippen LogP contribution in [0, 0.1) is 0 Å². The topological polar surface area (TPSA) is 133 Å². The molecule has 0 radical (unpaired) electrons. The molecule has 0 unspecified atom stereocenters. The Labute approximate surface area is 172 Å². The molecule has 0 spiro atoms. The molecular formula is C19H22N6O5. The summed E-state index contributed by atoms with van der Waals surface area (Å²) in [7, 11) is 1.53. The maximum atomic E-state index is 12.7. The fraction of sp³-hybridized carbons (Fsp3) is 0.316. The molecule has 0 aliphatic rings. The molecule has 3 aromatic rings. The van der Waals surface area contributed by atoms with E-state index < -0.39 is 17.8 Å². The van der Waals surface area contributed by atoms with E-state index in [9.17, 15) is 14.4 Å². The third-order valence-electron chi connectivity index (χ3n) is 4.15. The van der Waals surface area contributed by atoms with E-state index in [1.807, 2.05) is 6.92 Å². The molecule has 0 bridgehead atoms. The Morgan fingerprint density at radius 1 is 1.20 bits per heavy atom. The molecule has 0 aromatic carbocycles. The Morgan fingerprint density at radius 3 is 2.67 bits per heavy atom. The number of rotatable bonds is 8. The average Bonchev–Trinajstić information content (AvgIpc) is 3.46. The lowest BCUT2D eigenvalue weighted by Gasteiger charge is -2.04. The van der Waals surface area contributed by atoms with E-state index in [0.29, 0.717) is 12.3 Å². The van der Waals surface area contributed by atoms with Gasteiger partial charge in [0.1, 0.15) is 11.5 Å². The van der Waals surface area contributed by atoms with Crippen LogP contribution in [0.15, 0.2) is 35.1 Å². The number of carbonyl (C=O) groups excluding carboxylic acids is 3. The van der Waals surface area contributed by atoms with Crippen LogP contribution in [0.25, 0.3) is 0 Å². The largest absolute Gasteiger partial charge is 0.467 e. The van der Waals surface area contributed by atoms with Gasteiger partial charge in [0.15, 0.2) is 11.4 Å². The molecule has 0 aliphatic heterocycles. The van der Waals surface area contributed by atoms with Crippen molar-refractivity contribution in [2.45, 2.75) is 26.9 Å². The van der Waals surface area contributed by atoms with Gasteiger partial charge >= 0.3 is 5.97 Å². The number of anilines is 1. The molecule has 0 fully saturated rings. The van der Waals surface area contributed by atoms with Crippen LogP contribution >= 0.6 is 0 Å². The van der Waals surface area contributed by atoms with E-state index >= 15 is 0 Å². The van der Waals surface area contributed by atoms with Gasteiger partial charge in [-0.3, -0.25) is 19.0 Å². The summed E-state index contributed by atoms with van der Waals surface area (Å²) in [5, 5.41) is 13.6. The second-order valence-corrected chi connectivity index (χ2v) is 6.22. The molecule has 0 saturated carbocycles. The summed E-state index contributed by atoms with van der Waals surface area (Å²) in [6.07, 6.45) is 3.06. The first kappa shape index (κ1) is 20.8. The maximum Gasteiger partial charge on any atom is 0.356 e. The zero-order valence-electron chi connectivity index (χ0n) is 16.8. The monoisotopic (exact) mass is 414 g/mol. The van der Waals surface area contributed by atoms with Gasteiger partial charge in [-0.1, -0.05) is 0 Å². The van der Waals surface area contributed by atoms with Crippen LogP contribution in [0.2, 0.25) is 0 Å². The lowest BCUT2D eigenvalue weighted by atomic mass is 10.3. The SMILES string of the molecule is CCOC(=O)c1cc(C(=O)Nc2cn(CC)nc2C(=O)NCc2ccco2)nn1C. The van der Waals surface area contributed by atoms with Crippen molar-refractivity contribution < 1.29 is 23.5 Å². The van der Waals surface area contributed by atoms with Gasteiger partial charge in [0.25, 0.3) is 11.8 Å². The summed E-state index contributed by atoms with van der Waals surface area (Å²) in [6, 6.07) is 4.78. The fourth-order valence-electron chi connectivity index (χ4n) is 2.67. The molecule has 158 valence electrons. The zero-order chi connectivity index (χ0) is 21.7. The van der Waals surface area contributed by atoms with Crippen LogP contribution in [-0.4, -0.2) is 44.0 Å². The van der Waals surface area contributed by atoms with Gasteiger partial charge in [-0.25, -0.2) is 4.79 Å². The molecule has 0 aliphatic carbocycles. The number of ether oxygens (including phenoxy) is 1. The molecule has 11 nitrogen and oxygen atoms in total. The van der Waals surface area contributed by atoms with Gasteiger partial charge in [0.05, 0.1) is 25.1 Å². The lowest BCUT2D eigenvalue weighted by molar-refractivity contribution is 0.0513. The lowest BCUT2D eigenvalue weighted by Crippen LogP contribution is -2.25. The Kier molecular flexibility index (Phi) is 6.30. The number of aryl methyl sites for hydroxylation is 2. The minimum absolute atomic E-state index is 0.00625. The molecule has 3 heterocycles. The first-order chi connectivity index (χ1) is 14.4. The summed E-state index contributed by atoms with van der Waals surface area (Å²) < 4.78 is 12.9. The van der Waals surface area contributed by atoms with Gasteiger partial charge in [-0.05, 0) is 26.0 Å². The first-order valence-electron chi connectivity index (χ1n) is 9.33. The van der Waals surface area contributed by atoms with E-state index in [2.05, 4.69) is 20.8 Å². The van der Waals surface area contributed by atoms with Crippen molar-refractivity contribution in [2.24, 2.45) is 7.05 Å². The molecule has 2 amide bonds. The van der Waals surface area contributed by atoms with E-state index in [0.717, 1.165) is 0 Å². The molecule has 0 saturated heterocycles. The summed E-state index contributed by atoms with van der Waals surface area (Å²) in [4.78, 5) is 37.1. The summed E-state index contributed by atoms with van der Waals surface area (Å²) in [5.41, 5.74) is 0.426. The number of nitrogens with one attached hydrogen (secondary N) is 2. The van der Waals surface area contributed by atoms with Crippen molar-refractivity contribution >= 4 is 23.5 Å². The van der Waals surface area contributed by atoms with Crippen molar-refractivity contribution in [1.29, 1.82) is 0 Å². The van der Waals surface area contributed by atoms with Gasteiger partial charge in [-0.2, -0.15) is 10.2 Å². The van der Waals surface area contributed by atoms with Crippen LogP contribution in [0.3, 0.4) is 0 Å². The number of furan rings is 1. The molecule has 11 heteroatoms. The van der Waals surface area contributed by atoms with Crippen molar-refractivity contribution in [3.8, 4) is 0 Å². The summed E-state index contributed by atoms with van der Waals surface area (Å²) >= 11 is 0. The Hall–Kier alpha value is -3.89. The van der Waals surface area contributed by atoms with Crippen molar-refractivity contribution in [2.75, 3.05) is 11.9 Å². The molecule has 3 rings (SSSR count). The number of esters is 1. The van der Waals surface area contributed by atoms with Gasteiger partial charge < -0.3 is 19.8 Å². The Morgan fingerprint density at radius 2 is 2.00 bits per heavy atom. The standard InChI is InChI=1S/C19H22N6O5/c1-4-25-11-14(16(23-25)18(27)20-10-12-7-6-8-30-12)21-17(26)13-9-15(24(3)22-13)19(28)29-5-2/h6-9,11H,4-5,10H2,1-3H3,(H,20,27)(H,21,26). The van der Waals surface area contributed by atoms with E-state index in [1.54, 1.807) is 25.3 Å². The maximum absolute atomic E-state index is 12.7.